The van der Waals surface area contributed by atoms with Crippen LogP contribution in [0, 0.1) is 0 Å². The maximum Gasteiger partial charge on any atom is 0.348 e. The largest absolute Gasteiger partial charge is 0.662 e. The first-order chi connectivity index (χ1) is 9.12. The highest BCUT2D eigenvalue weighted by Gasteiger charge is 2.00. The molecule has 0 heterocycles. The Labute approximate surface area is 113 Å². The quantitative estimate of drug-likeness (QED) is 0.0997. The predicted octanol–water partition coefficient (Wildman–Crippen LogP) is -2.68. The standard InChI is InChI=1S/C10H23N5.CH2O3/c1-3-5-7-13-9(11)15-10(12)14-8-6-4-2;2-1-4-3/h3-8H2,1-2H3,(H5,11,12,13,14,15);1,3H. The molecule has 0 fully saturated rings. The van der Waals surface area contributed by atoms with E-state index in [1.165, 1.54) is 0 Å². The van der Waals surface area contributed by atoms with Gasteiger partial charge in [-0.3, -0.25) is 15.5 Å². The van der Waals surface area contributed by atoms with Crippen molar-refractivity contribution in [3.8, 4) is 0 Å². The van der Waals surface area contributed by atoms with Crippen LogP contribution in [0.5, 0.6) is 0 Å². The zero-order valence-electron chi connectivity index (χ0n) is 11.6. The summed E-state index contributed by atoms with van der Waals surface area (Å²) in [5.74, 6) is 0.853. The highest BCUT2D eigenvalue weighted by Crippen LogP contribution is 1.85. The number of nitrogens with one attached hydrogen (secondary N) is 2. The Morgan fingerprint density at radius 1 is 1.37 bits per heavy atom. The Kier molecular flexibility index (Phi) is 16.6. The van der Waals surface area contributed by atoms with E-state index in [1.54, 1.807) is 0 Å². The molecule has 0 aliphatic carbocycles. The summed E-state index contributed by atoms with van der Waals surface area (Å²) in [5.41, 5.74) is 11.3. The SMILES string of the molecule is CCCCN=C(N)NC(N)=[NH+]CCCC.O=CO[O-]. The van der Waals surface area contributed by atoms with E-state index in [1.807, 2.05) is 0 Å². The number of nitrogens with two attached hydrogens (primary N) is 2. The first kappa shape index (κ1) is 19.5. The summed E-state index contributed by atoms with van der Waals surface area (Å²) in [6, 6.07) is 0. The van der Waals surface area contributed by atoms with E-state index in [4.69, 9.17) is 21.5 Å². The molecule has 0 amide bonds. The monoisotopic (exact) mass is 275 g/mol. The molecule has 112 valence electrons. The first-order valence-corrected chi connectivity index (χ1v) is 6.27. The zero-order chi connectivity index (χ0) is 14.9. The van der Waals surface area contributed by atoms with Crippen LogP contribution in [0.2, 0.25) is 0 Å². The molecule has 0 aromatic rings. The molecule has 0 saturated carbocycles. The molecule has 6 N–H and O–H groups in total. The summed E-state index contributed by atoms with van der Waals surface area (Å²) in [6.45, 7) is 5.67. The van der Waals surface area contributed by atoms with Crippen molar-refractivity contribution in [2.24, 2.45) is 16.5 Å². The second-order valence-electron chi connectivity index (χ2n) is 3.63. The van der Waals surface area contributed by atoms with Crippen molar-refractivity contribution in [2.75, 3.05) is 13.1 Å². The number of aliphatic imine (C=N–C) groups is 1. The minimum absolute atomic E-state index is 0.181. The molecule has 0 unspecified atom stereocenters. The van der Waals surface area contributed by atoms with E-state index in [0.29, 0.717) is 11.9 Å². The molecule has 0 saturated heterocycles. The van der Waals surface area contributed by atoms with Crippen molar-refractivity contribution in [1.82, 2.24) is 5.32 Å². The average Bonchev–Trinajstić information content (AvgIpc) is 2.39. The van der Waals surface area contributed by atoms with Gasteiger partial charge in [0.1, 0.15) is 0 Å². The topological polar surface area (TPSA) is 140 Å². The van der Waals surface area contributed by atoms with Crippen LogP contribution < -0.4 is 27.0 Å². The third-order valence-corrected chi connectivity index (χ3v) is 1.94. The van der Waals surface area contributed by atoms with E-state index in [0.717, 1.165) is 38.8 Å². The highest BCUT2D eigenvalue weighted by molar-refractivity contribution is 5.94. The number of hydrogen-bond donors (Lipinski definition) is 4. The Balaban J connectivity index is 0. The second-order valence-corrected chi connectivity index (χ2v) is 3.63. The van der Waals surface area contributed by atoms with Crippen molar-refractivity contribution in [2.45, 2.75) is 39.5 Å². The van der Waals surface area contributed by atoms with Crippen molar-refractivity contribution < 1.29 is 19.9 Å². The van der Waals surface area contributed by atoms with Gasteiger partial charge in [-0.25, -0.2) is 10.3 Å². The van der Waals surface area contributed by atoms with E-state index in [2.05, 4.69) is 34.0 Å². The van der Waals surface area contributed by atoms with E-state index in [-0.39, 0.29) is 6.47 Å². The summed E-state index contributed by atoms with van der Waals surface area (Å²) in [7, 11) is 0. The highest BCUT2D eigenvalue weighted by atomic mass is 17.1. The van der Waals surface area contributed by atoms with E-state index < -0.39 is 0 Å². The fraction of sp³-hybridized carbons (Fsp3) is 0.727. The van der Waals surface area contributed by atoms with Crippen molar-refractivity contribution in [3.63, 3.8) is 0 Å². The van der Waals surface area contributed by atoms with Crippen LogP contribution in [0.25, 0.3) is 0 Å². The minimum Gasteiger partial charge on any atom is -0.662 e. The first-order valence-electron chi connectivity index (χ1n) is 6.27. The summed E-state index contributed by atoms with van der Waals surface area (Å²) < 4.78 is 0. The Hall–Kier alpha value is -1.83. The number of guanidine groups is 2. The second kappa shape index (κ2) is 16.2. The smallest absolute Gasteiger partial charge is 0.348 e. The van der Waals surface area contributed by atoms with Gasteiger partial charge in [0.15, 0.2) is 0 Å². The molecule has 8 nitrogen and oxygen atoms in total. The van der Waals surface area contributed by atoms with Crippen LogP contribution in [-0.4, -0.2) is 31.5 Å². The summed E-state index contributed by atoms with van der Waals surface area (Å²) in [6.07, 6.45) is 4.39. The normalized spacial score (nSPS) is 11.3. The van der Waals surface area contributed by atoms with Gasteiger partial charge in [0, 0.05) is 6.54 Å². The lowest BCUT2D eigenvalue weighted by atomic mass is 10.3. The van der Waals surface area contributed by atoms with Gasteiger partial charge in [-0.05, 0) is 12.8 Å². The maximum absolute atomic E-state index is 8.64. The van der Waals surface area contributed by atoms with Crippen LogP contribution in [0.4, 0.5) is 0 Å². The number of carbonyl (C=O) groups is 1. The zero-order valence-corrected chi connectivity index (χ0v) is 11.6. The molecule has 0 atom stereocenters. The van der Waals surface area contributed by atoms with Gasteiger partial charge in [-0.2, -0.15) is 0 Å². The molecule has 0 aromatic carbocycles. The van der Waals surface area contributed by atoms with E-state index in [9.17, 15) is 0 Å². The third kappa shape index (κ3) is 18.7. The van der Waals surface area contributed by atoms with Gasteiger partial charge < -0.3 is 15.9 Å². The van der Waals surface area contributed by atoms with Gasteiger partial charge in [-0.15, -0.1) is 0 Å². The van der Waals surface area contributed by atoms with Crippen LogP contribution in [0.3, 0.4) is 0 Å². The molecular weight excluding hydrogens is 250 g/mol. The van der Waals surface area contributed by atoms with Crippen LogP contribution in [0.15, 0.2) is 4.99 Å². The van der Waals surface area contributed by atoms with Crippen LogP contribution >= 0.6 is 0 Å². The van der Waals surface area contributed by atoms with E-state index >= 15 is 0 Å². The lowest BCUT2D eigenvalue weighted by molar-refractivity contribution is -0.652. The number of rotatable bonds is 7. The molecular formula is C11H25N5O3. The van der Waals surface area contributed by atoms with Crippen molar-refractivity contribution in [1.29, 1.82) is 0 Å². The molecule has 0 bridgehead atoms. The number of carbonyl (C=O) groups excluding carboxylic acids is 1. The molecule has 19 heavy (non-hydrogen) atoms. The molecule has 0 aromatic heterocycles. The Bertz CT molecular complexity index is 247. The fourth-order valence-corrected chi connectivity index (χ4v) is 0.979. The Morgan fingerprint density at radius 3 is 2.42 bits per heavy atom. The van der Waals surface area contributed by atoms with Gasteiger partial charge in [0.05, 0.1) is 6.54 Å². The van der Waals surface area contributed by atoms with Crippen molar-refractivity contribution in [3.05, 3.63) is 0 Å². The Morgan fingerprint density at radius 2 is 1.95 bits per heavy atom. The summed E-state index contributed by atoms with van der Waals surface area (Å²) in [5, 5.41) is 11.2. The average molecular weight is 275 g/mol. The minimum atomic E-state index is -0.181. The van der Waals surface area contributed by atoms with Crippen molar-refractivity contribution >= 4 is 18.4 Å². The fourth-order valence-electron chi connectivity index (χ4n) is 0.979. The lowest BCUT2D eigenvalue weighted by Gasteiger charge is -1.98. The van der Waals surface area contributed by atoms with Gasteiger partial charge >= 0.3 is 5.96 Å². The van der Waals surface area contributed by atoms with Gasteiger partial charge in [-0.1, -0.05) is 26.7 Å². The number of nitrogens with zero attached hydrogens (tertiary/aromatic N) is 1. The molecule has 8 heteroatoms. The van der Waals surface area contributed by atoms with Crippen LogP contribution in [0.1, 0.15) is 39.5 Å². The van der Waals surface area contributed by atoms with Crippen LogP contribution in [-0.2, 0) is 9.68 Å². The number of unbranched alkanes of at least 4 members (excludes halogenated alkanes) is 2. The number of hydrogen-bond acceptors (Lipinski definition) is 4. The molecule has 0 rings (SSSR count). The van der Waals surface area contributed by atoms with Gasteiger partial charge in [0.25, 0.3) is 12.4 Å². The summed E-state index contributed by atoms with van der Waals surface area (Å²) in [4.78, 5) is 18.4. The maximum atomic E-state index is 8.64. The predicted molar refractivity (Wildman–Crippen MR) is 71.6 cm³/mol. The molecule has 0 aliphatic rings. The molecule has 0 aliphatic heterocycles. The molecule has 0 spiro atoms. The lowest BCUT2D eigenvalue weighted by Crippen LogP contribution is -2.79. The summed E-state index contributed by atoms with van der Waals surface area (Å²) >= 11 is 0. The third-order valence-electron chi connectivity index (χ3n) is 1.94. The molecule has 0 radical (unpaired) electrons. The van der Waals surface area contributed by atoms with Gasteiger partial charge in [0.2, 0.25) is 0 Å².